The van der Waals surface area contributed by atoms with E-state index in [1.54, 1.807) is 26.8 Å². The number of halogens is 1. The molecule has 0 atom stereocenters. The number of amides is 3. The number of nitrogens with one attached hydrogen (secondary N) is 2. The van der Waals surface area contributed by atoms with E-state index in [-0.39, 0.29) is 6.42 Å². The van der Waals surface area contributed by atoms with E-state index in [0.29, 0.717) is 5.56 Å². The number of urea groups is 1. The molecule has 0 aliphatic heterocycles. The van der Waals surface area contributed by atoms with Crippen molar-refractivity contribution in [3.05, 3.63) is 35.6 Å². The van der Waals surface area contributed by atoms with Crippen LogP contribution in [0.4, 0.5) is 9.18 Å². The molecule has 0 unspecified atom stereocenters. The largest absolute Gasteiger partial charge is 0.455 e. The molecular formula is C15H19FN2O4. The Morgan fingerprint density at radius 3 is 2.50 bits per heavy atom. The van der Waals surface area contributed by atoms with Gasteiger partial charge in [0.2, 0.25) is 0 Å². The van der Waals surface area contributed by atoms with Crippen LogP contribution in [0.15, 0.2) is 24.3 Å². The molecule has 1 aromatic rings. The van der Waals surface area contributed by atoms with Gasteiger partial charge in [0.25, 0.3) is 5.91 Å². The zero-order chi connectivity index (χ0) is 16.8. The lowest BCUT2D eigenvalue weighted by atomic mass is 10.1. The Labute approximate surface area is 128 Å². The molecule has 2 N–H and O–H groups in total. The van der Waals surface area contributed by atoms with Gasteiger partial charge in [-0.15, -0.1) is 0 Å². The van der Waals surface area contributed by atoms with E-state index in [1.165, 1.54) is 18.2 Å². The van der Waals surface area contributed by atoms with E-state index in [4.69, 9.17) is 4.74 Å². The third-order valence-electron chi connectivity index (χ3n) is 2.34. The molecule has 1 aromatic carbocycles. The summed E-state index contributed by atoms with van der Waals surface area (Å²) in [5, 5.41) is 4.57. The SMILES string of the molecule is CC(C)(C)NC(=O)NC(=O)COC(=O)Cc1cccc(F)c1. The van der Waals surface area contributed by atoms with Crippen LogP contribution in [-0.2, 0) is 20.7 Å². The van der Waals surface area contributed by atoms with Gasteiger partial charge in [0.15, 0.2) is 6.61 Å². The summed E-state index contributed by atoms with van der Waals surface area (Å²) in [6.07, 6.45) is -0.154. The number of carbonyl (C=O) groups is 3. The van der Waals surface area contributed by atoms with Gasteiger partial charge >= 0.3 is 12.0 Å². The van der Waals surface area contributed by atoms with Crippen molar-refractivity contribution >= 4 is 17.9 Å². The van der Waals surface area contributed by atoms with Crippen LogP contribution < -0.4 is 10.6 Å². The number of hydrogen-bond acceptors (Lipinski definition) is 4. The third kappa shape index (κ3) is 7.37. The highest BCUT2D eigenvalue weighted by Crippen LogP contribution is 2.05. The average molecular weight is 310 g/mol. The molecule has 7 heteroatoms. The van der Waals surface area contributed by atoms with Crippen LogP contribution >= 0.6 is 0 Å². The molecule has 0 bridgehead atoms. The third-order valence-corrected chi connectivity index (χ3v) is 2.34. The number of rotatable bonds is 4. The van der Waals surface area contributed by atoms with E-state index in [2.05, 4.69) is 5.32 Å². The van der Waals surface area contributed by atoms with Gasteiger partial charge in [0, 0.05) is 5.54 Å². The number of imide groups is 1. The average Bonchev–Trinajstić information content (AvgIpc) is 2.34. The van der Waals surface area contributed by atoms with Gasteiger partial charge in [-0.1, -0.05) is 12.1 Å². The molecule has 0 saturated carbocycles. The van der Waals surface area contributed by atoms with Gasteiger partial charge in [-0.25, -0.2) is 9.18 Å². The minimum absolute atomic E-state index is 0.154. The zero-order valence-electron chi connectivity index (χ0n) is 12.7. The minimum Gasteiger partial charge on any atom is -0.455 e. The first-order valence-corrected chi connectivity index (χ1v) is 6.68. The molecule has 1 rings (SSSR count). The summed E-state index contributed by atoms with van der Waals surface area (Å²) in [6.45, 7) is 4.70. The molecule has 120 valence electrons. The summed E-state index contributed by atoms with van der Waals surface area (Å²) >= 11 is 0. The van der Waals surface area contributed by atoms with Crippen LogP contribution in [0.1, 0.15) is 26.3 Å². The normalized spacial score (nSPS) is 10.7. The number of esters is 1. The first-order chi connectivity index (χ1) is 10.2. The predicted molar refractivity (Wildman–Crippen MR) is 77.5 cm³/mol. The van der Waals surface area contributed by atoms with Gasteiger partial charge in [0.1, 0.15) is 5.82 Å². The molecule has 0 radical (unpaired) electrons. The van der Waals surface area contributed by atoms with Crippen molar-refractivity contribution in [3.63, 3.8) is 0 Å². The maximum atomic E-state index is 12.9. The molecule has 3 amide bonds. The van der Waals surface area contributed by atoms with Crippen molar-refractivity contribution in [1.82, 2.24) is 10.6 Å². The first kappa shape index (κ1) is 17.6. The van der Waals surface area contributed by atoms with E-state index in [0.717, 1.165) is 0 Å². The maximum absolute atomic E-state index is 12.9. The second kappa shape index (κ2) is 7.53. The minimum atomic E-state index is -0.741. The fraction of sp³-hybridized carbons (Fsp3) is 0.400. The Morgan fingerprint density at radius 2 is 1.91 bits per heavy atom. The molecule has 0 aliphatic rings. The molecule has 22 heavy (non-hydrogen) atoms. The highest BCUT2D eigenvalue weighted by atomic mass is 19.1. The lowest BCUT2D eigenvalue weighted by Crippen LogP contribution is -2.49. The van der Waals surface area contributed by atoms with Crippen molar-refractivity contribution in [3.8, 4) is 0 Å². The summed E-state index contributed by atoms with van der Waals surface area (Å²) in [4.78, 5) is 34.4. The predicted octanol–water partition coefficient (Wildman–Crippen LogP) is 1.54. The first-order valence-electron chi connectivity index (χ1n) is 6.68. The highest BCUT2D eigenvalue weighted by Gasteiger charge is 2.16. The molecular weight excluding hydrogens is 291 g/mol. The van der Waals surface area contributed by atoms with Crippen LogP contribution in [0.5, 0.6) is 0 Å². The summed E-state index contributed by atoms with van der Waals surface area (Å²) in [5.41, 5.74) is -0.0470. The van der Waals surface area contributed by atoms with Gasteiger partial charge in [0.05, 0.1) is 6.42 Å². The standard InChI is InChI=1S/C15H19FN2O4/c1-15(2,3)18-14(21)17-12(19)9-22-13(20)8-10-5-4-6-11(16)7-10/h4-7H,8-9H2,1-3H3,(H2,17,18,19,21). The lowest BCUT2D eigenvalue weighted by molar-refractivity contribution is -0.147. The summed E-state index contributed by atoms with van der Waals surface area (Å²) < 4.78 is 17.7. The second-order valence-electron chi connectivity index (χ2n) is 5.72. The topological polar surface area (TPSA) is 84.5 Å². The number of carbonyl (C=O) groups excluding carboxylic acids is 3. The highest BCUT2D eigenvalue weighted by molar-refractivity contribution is 5.95. The quantitative estimate of drug-likeness (QED) is 0.826. The van der Waals surface area contributed by atoms with E-state index < -0.39 is 35.9 Å². The van der Waals surface area contributed by atoms with E-state index in [1.807, 2.05) is 5.32 Å². The van der Waals surface area contributed by atoms with Crippen LogP contribution in [0, 0.1) is 5.82 Å². The van der Waals surface area contributed by atoms with Crippen molar-refractivity contribution in [2.24, 2.45) is 0 Å². The van der Waals surface area contributed by atoms with Crippen LogP contribution in [0.3, 0.4) is 0 Å². The number of benzene rings is 1. The Bertz CT molecular complexity index is 567. The number of hydrogen-bond donors (Lipinski definition) is 2. The Kier molecular flexibility index (Phi) is 6.03. The molecule has 0 aliphatic carbocycles. The van der Waals surface area contributed by atoms with Crippen LogP contribution in [0.25, 0.3) is 0 Å². The Morgan fingerprint density at radius 1 is 1.23 bits per heavy atom. The number of ether oxygens (including phenoxy) is 1. The van der Waals surface area contributed by atoms with Crippen molar-refractivity contribution in [1.29, 1.82) is 0 Å². The van der Waals surface area contributed by atoms with Crippen molar-refractivity contribution in [2.45, 2.75) is 32.7 Å². The van der Waals surface area contributed by atoms with Gasteiger partial charge in [-0.05, 0) is 38.5 Å². The van der Waals surface area contributed by atoms with E-state index >= 15 is 0 Å². The molecule has 0 heterocycles. The Hall–Kier alpha value is -2.44. The molecule has 0 fully saturated rings. The molecule has 0 aromatic heterocycles. The Balaban J connectivity index is 2.34. The maximum Gasteiger partial charge on any atom is 0.321 e. The summed E-state index contributed by atoms with van der Waals surface area (Å²) in [5.74, 6) is -1.88. The monoisotopic (exact) mass is 310 g/mol. The van der Waals surface area contributed by atoms with Crippen molar-refractivity contribution in [2.75, 3.05) is 6.61 Å². The lowest BCUT2D eigenvalue weighted by Gasteiger charge is -2.20. The fourth-order valence-electron chi connectivity index (χ4n) is 1.55. The van der Waals surface area contributed by atoms with Gasteiger partial charge in [-0.2, -0.15) is 0 Å². The molecule has 0 saturated heterocycles. The molecule has 0 spiro atoms. The van der Waals surface area contributed by atoms with Crippen LogP contribution in [0.2, 0.25) is 0 Å². The summed E-state index contributed by atoms with van der Waals surface area (Å²) in [7, 11) is 0. The smallest absolute Gasteiger partial charge is 0.321 e. The van der Waals surface area contributed by atoms with Crippen molar-refractivity contribution < 1.29 is 23.5 Å². The second-order valence-corrected chi connectivity index (χ2v) is 5.72. The summed E-state index contributed by atoms with van der Waals surface area (Å²) in [6, 6.07) is 4.84. The molecule has 6 nitrogen and oxygen atoms in total. The zero-order valence-corrected chi connectivity index (χ0v) is 12.7. The van der Waals surface area contributed by atoms with Gasteiger partial charge in [-0.3, -0.25) is 14.9 Å². The van der Waals surface area contributed by atoms with Crippen LogP contribution in [-0.4, -0.2) is 30.1 Å². The fourth-order valence-corrected chi connectivity index (χ4v) is 1.55. The van der Waals surface area contributed by atoms with Gasteiger partial charge < -0.3 is 10.1 Å². The van der Waals surface area contributed by atoms with E-state index in [9.17, 15) is 18.8 Å².